The van der Waals surface area contributed by atoms with E-state index < -0.39 is 10.0 Å². The summed E-state index contributed by atoms with van der Waals surface area (Å²) in [5.41, 5.74) is 1.24. The number of hydrogen-bond acceptors (Lipinski definition) is 3. The number of piperidine rings is 2. The van der Waals surface area contributed by atoms with E-state index in [4.69, 9.17) is 0 Å². The summed E-state index contributed by atoms with van der Waals surface area (Å²) in [7, 11) is -3.54. The Kier molecular flexibility index (Phi) is 5.79. The van der Waals surface area contributed by atoms with Gasteiger partial charge in [-0.15, -0.1) is 0 Å². The first-order valence-electron chi connectivity index (χ1n) is 10.9. The topological polar surface area (TPSA) is 57.7 Å². The van der Waals surface area contributed by atoms with Gasteiger partial charge in [-0.1, -0.05) is 25.3 Å². The van der Waals surface area contributed by atoms with Gasteiger partial charge < -0.3 is 4.90 Å². The molecule has 28 heavy (non-hydrogen) atoms. The fourth-order valence-corrected chi connectivity index (χ4v) is 7.07. The van der Waals surface area contributed by atoms with Crippen molar-refractivity contribution < 1.29 is 13.2 Å². The molecule has 1 saturated carbocycles. The quantitative estimate of drug-likeness (QED) is 0.766. The van der Waals surface area contributed by atoms with Crippen molar-refractivity contribution in [2.24, 2.45) is 5.92 Å². The molecule has 2 unspecified atom stereocenters. The Morgan fingerprint density at radius 1 is 0.929 bits per heavy atom. The van der Waals surface area contributed by atoms with Crippen molar-refractivity contribution in [1.82, 2.24) is 9.21 Å². The summed E-state index contributed by atoms with van der Waals surface area (Å²) in [6.07, 6.45) is 9.94. The van der Waals surface area contributed by atoms with Crippen LogP contribution in [-0.2, 0) is 10.0 Å². The van der Waals surface area contributed by atoms with Crippen molar-refractivity contribution >= 4 is 15.9 Å². The first kappa shape index (κ1) is 19.9. The predicted octanol–water partition coefficient (Wildman–Crippen LogP) is 3.96. The van der Waals surface area contributed by atoms with Gasteiger partial charge in [0.25, 0.3) is 5.91 Å². The normalized spacial score (nSPS) is 26.7. The van der Waals surface area contributed by atoms with E-state index in [1.54, 1.807) is 22.5 Å². The zero-order valence-corrected chi connectivity index (χ0v) is 17.7. The molecule has 0 aromatic heterocycles. The number of amides is 1. The van der Waals surface area contributed by atoms with E-state index in [0.717, 1.165) is 44.2 Å². The van der Waals surface area contributed by atoms with Crippen LogP contribution in [0.1, 0.15) is 73.7 Å². The lowest BCUT2D eigenvalue weighted by molar-refractivity contribution is 0.0390. The summed E-state index contributed by atoms with van der Waals surface area (Å²) in [4.78, 5) is 15.7. The molecule has 1 aromatic carbocycles. The van der Waals surface area contributed by atoms with Crippen molar-refractivity contribution in [3.05, 3.63) is 29.3 Å². The van der Waals surface area contributed by atoms with E-state index >= 15 is 0 Å². The van der Waals surface area contributed by atoms with Crippen molar-refractivity contribution in [2.45, 2.75) is 75.6 Å². The summed E-state index contributed by atoms with van der Waals surface area (Å²) < 4.78 is 28.0. The molecule has 0 bridgehead atoms. The first-order valence-corrected chi connectivity index (χ1v) is 12.3. The molecule has 3 aliphatic rings. The van der Waals surface area contributed by atoms with Crippen molar-refractivity contribution in [3.63, 3.8) is 0 Å². The average Bonchev–Trinajstić information content (AvgIpc) is 2.73. The van der Waals surface area contributed by atoms with E-state index in [-0.39, 0.29) is 5.91 Å². The number of likely N-dealkylation sites (tertiary alicyclic amines) is 1. The van der Waals surface area contributed by atoms with Gasteiger partial charge >= 0.3 is 0 Å². The highest BCUT2D eigenvalue weighted by Crippen LogP contribution is 2.36. The van der Waals surface area contributed by atoms with Gasteiger partial charge in [-0.25, -0.2) is 8.42 Å². The fourth-order valence-electron chi connectivity index (χ4n) is 5.30. The van der Waals surface area contributed by atoms with Gasteiger partial charge in [0.1, 0.15) is 0 Å². The second kappa shape index (κ2) is 8.15. The number of hydrogen-bond donors (Lipinski definition) is 0. The molecule has 1 aliphatic carbocycles. The van der Waals surface area contributed by atoms with Gasteiger partial charge in [-0.3, -0.25) is 4.79 Å². The summed E-state index contributed by atoms with van der Waals surface area (Å²) in [5.74, 6) is 0.625. The molecule has 5 nitrogen and oxygen atoms in total. The lowest BCUT2D eigenvalue weighted by Gasteiger charge is -2.44. The second-order valence-electron chi connectivity index (χ2n) is 8.70. The summed E-state index contributed by atoms with van der Waals surface area (Å²) >= 11 is 0. The Morgan fingerprint density at radius 3 is 2.43 bits per heavy atom. The maximum absolute atomic E-state index is 13.3. The largest absolute Gasteiger partial charge is 0.335 e. The minimum atomic E-state index is -3.54. The number of carbonyl (C=O) groups excluding carboxylic acids is 1. The highest BCUT2D eigenvalue weighted by atomic mass is 32.2. The Balaban J connectivity index is 1.62. The Hall–Kier alpha value is -1.40. The number of benzene rings is 1. The van der Waals surface area contributed by atoms with Gasteiger partial charge in [0.2, 0.25) is 10.0 Å². The van der Waals surface area contributed by atoms with Gasteiger partial charge in [0.15, 0.2) is 0 Å². The number of fused-ring (bicyclic) bond motifs is 1. The summed E-state index contributed by atoms with van der Waals surface area (Å²) in [6.45, 7) is 3.77. The van der Waals surface area contributed by atoms with E-state index in [1.807, 2.05) is 11.8 Å². The zero-order chi connectivity index (χ0) is 19.7. The van der Waals surface area contributed by atoms with Crippen LogP contribution in [0.3, 0.4) is 0 Å². The third-order valence-electron chi connectivity index (χ3n) is 6.87. The summed E-state index contributed by atoms with van der Waals surface area (Å²) in [5, 5.41) is 0. The second-order valence-corrected chi connectivity index (χ2v) is 10.6. The molecule has 0 radical (unpaired) electrons. The molecule has 2 saturated heterocycles. The number of rotatable bonds is 3. The molecule has 0 spiro atoms. The lowest BCUT2D eigenvalue weighted by atomic mass is 9.78. The smallest absolute Gasteiger partial charge is 0.254 e. The lowest BCUT2D eigenvalue weighted by Crippen LogP contribution is -2.49. The molecule has 3 fully saturated rings. The van der Waals surface area contributed by atoms with Crippen LogP contribution >= 0.6 is 0 Å². The molecule has 4 rings (SSSR count). The molecular weight excluding hydrogens is 372 g/mol. The van der Waals surface area contributed by atoms with E-state index in [1.165, 1.54) is 25.7 Å². The molecule has 1 amide bonds. The maximum atomic E-state index is 13.3. The molecule has 2 heterocycles. The zero-order valence-electron chi connectivity index (χ0n) is 16.9. The predicted molar refractivity (Wildman–Crippen MR) is 110 cm³/mol. The molecule has 6 heteroatoms. The van der Waals surface area contributed by atoms with Crippen molar-refractivity contribution in [2.75, 3.05) is 19.6 Å². The fraction of sp³-hybridized carbons (Fsp3) is 0.682. The maximum Gasteiger partial charge on any atom is 0.254 e. The van der Waals surface area contributed by atoms with E-state index in [2.05, 4.69) is 0 Å². The number of nitrogens with zero attached hydrogens (tertiary/aromatic N) is 2. The first-order chi connectivity index (χ1) is 13.5. The Labute approximate surface area is 169 Å². The van der Waals surface area contributed by atoms with Crippen LogP contribution in [0, 0.1) is 12.8 Å². The van der Waals surface area contributed by atoms with Gasteiger partial charge in [0, 0.05) is 31.2 Å². The highest BCUT2D eigenvalue weighted by molar-refractivity contribution is 7.89. The highest BCUT2D eigenvalue weighted by Gasteiger charge is 2.36. The summed E-state index contributed by atoms with van der Waals surface area (Å²) in [6, 6.07) is 5.57. The Morgan fingerprint density at radius 2 is 1.64 bits per heavy atom. The molecule has 0 N–H and O–H groups in total. The monoisotopic (exact) mass is 404 g/mol. The Bertz CT molecular complexity index is 828. The van der Waals surface area contributed by atoms with Crippen LogP contribution in [-0.4, -0.2) is 49.2 Å². The van der Waals surface area contributed by atoms with Crippen LogP contribution in [0.2, 0.25) is 0 Å². The van der Waals surface area contributed by atoms with Gasteiger partial charge in [-0.2, -0.15) is 4.31 Å². The van der Waals surface area contributed by atoms with Gasteiger partial charge in [0.05, 0.1) is 4.90 Å². The average molecular weight is 405 g/mol. The van der Waals surface area contributed by atoms with Crippen LogP contribution in [0.4, 0.5) is 0 Å². The molecule has 1 aromatic rings. The standard InChI is InChI=1S/C22H32N2O3S/c1-17-11-12-19(16-21(17)28(26,27)23-13-5-2-6-14-23)22(25)24-15-7-9-18-8-3-4-10-20(18)24/h11-12,16,18,20H,2-10,13-15H2,1H3. The van der Waals surface area contributed by atoms with Crippen molar-refractivity contribution in [1.29, 1.82) is 0 Å². The SMILES string of the molecule is Cc1ccc(C(=O)N2CCCC3CCCCC32)cc1S(=O)(=O)N1CCCCC1. The van der Waals surface area contributed by atoms with Crippen LogP contribution < -0.4 is 0 Å². The van der Waals surface area contributed by atoms with E-state index in [9.17, 15) is 13.2 Å². The van der Waals surface area contributed by atoms with Crippen molar-refractivity contribution in [3.8, 4) is 0 Å². The van der Waals surface area contributed by atoms with Crippen LogP contribution in [0.5, 0.6) is 0 Å². The molecule has 2 atom stereocenters. The van der Waals surface area contributed by atoms with Crippen LogP contribution in [0.25, 0.3) is 0 Å². The van der Waals surface area contributed by atoms with Gasteiger partial charge in [-0.05, 0) is 69.1 Å². The number of carbonyl (C=O) groups is 1. The number of sulfonamides is 1. The van der Waals surface area contributed by atoms with E-state index in [0.29, 0.717) is 35.5 Å². The molecule has 154 valence electrons. The minimum absolute atomic E-state index is 0.00620. The number of aryl methyl sites for hydroxylation is 1. The molecular formula is C22H32N2O3S. The third-order valence-corrected chi connectivity index (χ3v) is 8.91. The molecule has 2 aliphatic heterocycles. The minimum Gasteiger partial charge on any atom is -0.335 e. The third kappa shape index (κ3) is 3.73. The van der Waals surface area contributed by atoms with Crippen LogP contribution in [0.15, 0.2) is 23.1 Å².